The van der Waals surface area contributed by atoms with E-state index in [2.05, 4.69) is 41.5 Å². The molecule has 1 saturated carbocycles. The number of pyridine rings is 1. The molecule has 0 unspecified atom stereocenters. The highest BCUT2D eigenvalue weighted by Gasteiger charge is 2.19. The van der Waals surface area contributed by atoms with Gasteiger partial charge in [-0.15, -0.1) is 0 Å². The molecule has 0 amide bonds. The molecule has 4 rings (SSSR count). The van der Waals surface area contributed by atoms with Gasteiger partial charge < -0.3 is 0 Å². The summed E-state index contributed by atoms with van der Waals surface area (Å²) in [6, 6.07) is 12.5. The van der Waals surface area contributed by atoms with Gasteiger partial charge in [-0.2, -0.15) is 5.10 Å². The average molecular weight is 263 g/mol. The van der Waals surface area contributed by atoms with E-state index >= 15 is 0 Å². The van der Waals surface area contributed by atoms with Crippen molar-refractivity contribution in [2.75, 3.05) is 0 Å². The Morgan fingerprint density at radius 2 is 1.95 bits per heavy atom. The minimum absolute atomic E-state index is 0.665. The van der Waals surface area contributed by atoms with Crippen molar-refractivity contribution in [1.82, 2.24) is 14.8 Å². The summed E-state index contributed by atoms with van der Waals surface area (Å²) in [7, 11) is 0. The highest BCUT2D eigenvalue weighted by Crippen LogP contribution is 2.33. The molecule has 2 aromatic heterocycles. The van der Waals surface area contributed by atoms with Crippen molar-refractivity contribution >= 4 is 10.9 Å². The van der Waals surface area contributed by atoms with Gasteiger partial charge in [0.25, 0.3) is 0 Å². The first-order valence-corrected chi connectivity index (χ1v) is 7.31. The molecule has 1 aliphatic carbocycles. The third-order valence-electron chi connectivity index (χ3n) is 4.23. The van der Waals surface area contributed by atoms with Crippen molar-refractivity contribution < 1.29 is 0 Å². The molecule has 0 spiro atoms. The van der Waals surface area contributed by atoms with E-state index in [0.717, 1.165) is 16.6 Å². The Labute approximate surface area is 118 Å². The van der Waals surface area contributed by atoms with Gasteiger partial charge in [-0.25, -0.2) is 4.68 Å². The zero-order chi connectivity index (χ0) is 13.4. The predicted molar refractivity (Wildman–Crippen MR) is 80.1 cm³/mol. The summed E-state index contributed by atoms with van der Waals surface area (Å²) in [5, 5.41) is 5.92. The molecule has 20 heavy (non-hydrogen) atoms. The van der Waals surface area contributed by atoms with E-state index in [1.807, 2.05) is 16.9 Å². The number of nitrogens with zero attached hydrogens (tertiary/aromatic N) is 3. The summed E-state index contributed by atoms with van der Waals surface area (Å²) < 4.78 is 1.99. The second-order valence-electron chi connectivity index (χ2n) is 5.55. The lowest BCUT2D eigenvalue weighted by Gasteiger charge is -2.05. The Kier molecular flexibility index (Phi) is 2.76. The fraction of sp³-hybridized carbons (Fsp3) is 0.294. The van der Waals surface area contributed by atoms with Crippen LogP contribution in [0.15, 0.2) is 48.8 Å². The molecule has 0 aliphatic heterocycles. The largest absolute Gasteiger partial charge is 0.256 e. The molecule has 1 aromatic carbocycles. The standard InChI is InChI=1S/C17H17N3/c1-2-5-13(4-1)17-9-11-20(19-17)15-7-8-16-14(12-15)6-3-10-18-16/h3,6-13H,1-2,4-5H2. The number of fused-ring (bicyclic) bond motifs is 1. The number of hydrogen-bond donors (Lipinski definition) is 0. The fourth-order valence-electron chi connectivity index (χ4n) is 3.13. The lowest BCUT2D eigenvalue weighted by atomic mass is 10.1. The molecular formula is C17H17N3. The summed E-state index contributed by atoms with van der Waals surface area (Å²) in [6.07, 6.45) is 9.18. The number of aromatic nitrogens is 3. The van der Waals surface area contributed by atoms with Gasteiger partial charge in [0, 0.05) is 23.7 Å². The van der Waals surface area contributed by atoms with Gasteiger partial charge in [0.1, 0.15) is 0 Å². The zero-order valence-electron chi connectivity index (χ0n) is 11.4. The smallest absolute Gasteiger partial charge is 0.0703 e. The van der Waals surface area contributed by atoms with Crippen LogP contribution in [0.5, 0.6) is 0 Å². The quantitative estimate of drug-likeness (QED) is 0.697. The molecule has 100 valence electrons. The molecule has 0 saturated heterocycles. The second-order valence-corrected chi connectivity index (χ2v) is 5.55. The maximum absolute atomic E-state index is 4.77. The summed E-state index contributed by atoms with van der Waals surface area (Å²) >= 11 is 0. The lowest BCUT2D eigenvalue weighted by Crippen LogP contribution is -1.98. The van der Waals surface area contributed by atoms with Crippen LogP contribution in [0.4, 0.5) is 0 Å². The average Bonchev–Trinajstić information content (AvgIpc) is 3.17. The summed E-state index contributed by atoms with van der Waals surface area (Å²) in [4.78, 5) is 4.35. The molecule has 1 aliphatic rings. The Morgan fingerprint density at radius 3 is 2.85 bits per heavy atom. The van der Waals surface area contributed by atoms with Crippen molar-refractivity contribution in [3.05, 3.63) is 54.5 Å². The third-order valence-corrected chi connectivity index (χ3v) is 4.23. The summed E-state index contributed by atoms with van der Waals surface area (Å²) in [5.74, 6) is 0.665. The van der Waals surface area contributed by atoms with Crippen LogP contribution < -0.4 is 0 Å². The highest BCUT2D eigenvalue weighted by molar-refractivity contribution is 5.80. The third kappa shape index (κ3) is 1.99. The molecule has 3 heteroatoms. The minimum Gasteiger partial charge on any atom is -0.256 e. The van der Waals surface area contributed by atoms with Crippen molar-refractivity contribution in [3.8, 4) is 5.69 Å². The predicted octanol–water partition coefficient (Wildman–Crippen LogP) is 4.08. The minimum atomic E-state index is 0.665. The van der Waals surface area contributed by atoms with Crippen LogP contribution in [0.25, 0.3) is 16.6 Å². The van der Waals surface area contributed by atoms with E-state index in [4.69, 9.17) is 5.10 Å². The molecule has 0 N–H and O–H groups in total. The molecule has 0 atom stereocenters. The molecular weight excluding hydrogens is 246 g/mol. The van der Waals surface area contributed by atoms with E-state index in [1.54, 1.807) is 0 Å². The molecule has 3 nitrogen and oxygen atoms in total. The van der Waals surface area contributed by atoms with Crippen LogP contribution >= 0.6 is 0 Å². The van der Waals surface area contributed by atoms with Crippen LogP contribution in [0.3, 0.4) is 0 Å². The van der Waals surface area contributed by atoms with E-state index in [0.29, 0.717) is 5.92 Å². The highest BCUT2D eigenvalue weighted by atomic mass is 15.3. The molecule has 2 heterocycles. The van der Waals surface area contributed by atoms with Crippen LogP contribution in [0, 0.1) is 0 Å². The fourth-order valence-corrected chi connectivity index (χ4v) is 3.13. The number of rotatable bonds is 2. The maximum atomic E-state index is 4.77. The Balaban J connectivity index is 1.71. The van der Waals surface area contributed by atoms with E-state index in [-0.39, 0.29) is 0 Å². The van der Waals surface area contributed by atoms with Gasteiger partial charge in [0.15, 0.2) is 0 Å². The first-order chi connectivity index (χ1) is 9.90. The lowest BCUT2D eigenvalue weighted by molar-refractivity contribution is 0.679. The van der Waals surface area contributed by atoms with Gasteiger partial charge in [-0.05, 0) is 43.2 Å². The summed E-state index contributed by atoms with van der Waals surface area (Å²) in [6.45, 7) is 0. The number of benzene rings is 1. The van der Waals surface area contributed by atoms with Gasteiger partial charge in [0.05, 0.1) is 16.9 Å². The molecule has 0 radical (unpaired) electrons. The van der Waals surface area contributed by atoms with Crippen LogP contribution in [0.2, 0.25) is 0 Å². The van der Waals surface area contributed by atoms with Crippen molar-refractivity contribution in [2.45, 2.75) is 31.6 Å². The van der Waals surface area contributed by atoms with E-state index in [9.17, 15) is 0 Å². The Bertz CT molecular complexity index is 739. The van der Waals surface area contributed by atoms with Crippen molar-refractivity contribution in [3.63, 3.8) is 0 Å². The molecule has 1 fully saturated rings. The van der Waals surface area contributed by atoms with Crippen molar-refractivity contribution in [1.29, 1.82) is 0 Å². The van der Waals surface area contributed by atoms with Crippen LogP contribution in [0.1, 0.15) is 37.3 Å². The van der Waals surface area contributed by atoms with E-state index < -0.39 is 0 Å². The van der Waals surface area contributed by atoms with Gasteiger partial charge in [0.2, 0.25) is 0 Å². The van der Waals surface area contributed by atoms with Gasteiger partial charge in [-0.1, -0.05) is 18.9 Å². The van der Waals surface area contributed by atoms with Crippen molar-refractivity contribution in [2.24, 2.45) is 0 Å². The van der Waals surface area contributed by atoms with Gasteiger partial charge in [-0.3, -0.25) is 4.98 Å². The topological polar surface area (TPSA) is 30.7 Å². The zero-order valence-corrected chi connectivity index (χ0v) is 11.4. The molecule has 3 aromatic rings. The first-order valence-electron chi connectivity index (χ1n) is 7.31. The van der Waals surface area contributed by atoms with E-state index in [1.165, 1.54) is 31.4 Å². The molecule has 0 bridgehead atoms. The van der Waals surface area contributed by atoms with Crippen LogP contribution in [-0.2, 0) is 0 Å². The monoisotopic (exact) mass is 263 g/mol. The van der Waals surface area contributed by atoms with Crippen LogP contribution in [-0.4, -0.2) is 14.8 Å². The Hall–Kier alpha value is -2.16. The number of hydrogen-bond acceptors (Lipinski definition) is 2. The second kappa shape index (κ2) is 4.75. The van der Waals surface area contributed by atoms with Gasteiger partial charge >= 0.3 is 0 Å². The Morgan fingerprint density at radius 1 is 1.05 bits per heavy atom. The maximum Gasteiger partial charge on any atom is 0.0703 e. The summed E-state index contributed by atoms with van der Waals surface area (Å²) in [5.41, 5.74) is 3.38. The SMILES string of the molecule is c1cnc2ccc(-n3ccc(C4CCCC4)n3)cc2c1. The first kappa shape index (κ1) is 11.6. The normalized spacial score (nSPS) is 16.0.